The molecule has 3 fully saturated rings. The molecule has 1 saturated carbocycles. The molecule has 0 unspecified atom stereocenters. The number of piperidine rings is 2. The third-order valence-corrected chi connectivity index (χ3v) is 6.60. The molecule has 26 heavy (non-hydrogen) atoms. The first-order valence-electron chi connectivity index (χ1n) is 9.84. The second-order valence-electron chi connectivity index (χ2n) is 8.19. The summed E-state index contributed by atoms with van der Waals surface area (Å²) in [5.41, 5.74) is 0.517. The van der Waals surface area contributed by atoms with Crippen molar-refractivity contribution in [2.24, 2.45) is 5.41 Å². The second-order valence-corrected chi connectivity index (χ2v) is 8.19. The zero-order valence-electron chi connectivity index (χ0n) is 15.2. The molecule has 1 aromatic rings. The minimum absolute atomic E-state index is 0.0179. The summed E-state index contributed by atoms with van der Waals surface area (Å²) >= 11 is 0. The number of hydrogen-bond donors (Lipinski definition) is 1. The number of amides is 2. The Balaban J connectivity index is 1.40. The van der Waals surface area contributed by atoms with Crippen LogP contribution in [-0.2, 0) is 4.79 Å². The van der Waals surface area contributed by atoms with Crippen LogP contribution >= 0.6 is 0 Å². The van der Waals surface area contributed by atoms with Gasteiger partial charge in [0.05, 0.1) is 5.56 Å². The first-order chi connectivity index (χ1) is 12.6. The van der Waals surface area contributed by atoms with Gasteiger partial charge in [-0.1, -0.05) is 12.8 Å². The Morgan fingerprint density at radius 3 is 2.46 bits per heavy atom. The SMILES string of the molecule is O=C(c1ccc(=O)[nH]c1)N1CCC2(CCC(=O)N(C3CCCC3)C2)CC1. The predicted octanol–water partition coefficient (Wildman–Crippen LogP) is 2.16. The third-order valence-electron chi connectivity index (χ3n) is 6.60. The normalized spacial score (nSPS) is 23.6. The highest BCUT2D eigenvalue weighted by atomic mass is 16.2. The quantitative estimate of drug-likeness (QED) is 0.881. The summed E-state index contributed by atoms with van der Waals surface area (Å²) in [5.74, 6) is 0.310. The van der Waals surface area contributed by atoms with Crippen LogP contribution in [0.5, 0.6) is 0 Å². The van der Waals surface area contributed by atoms with E-state index in [-0.39, 0.29) is 16.9 Å². The molecule has 4 rings (SSSR count). The number of nitrogens with zero attached hydrogens (tertiary/aromatic N) is 2. The standard InChI is InChI=1S/C20H27N3O3/c24-17-6-5-15(13-21-17)19(26)22-11-9-20(10-12-22)8-7-18(25)23(14-20)16-3-1-2-4-16/h5-6,13,16H,1-4,7-12,14H2,(H,21,24). The van der Waals surface area contributed by atoms with E-state index >= 15 is 0 Å². The minimum atomic E-state index is -0.196. The van der Waals surface area contributed by atoms with Gasteiger partial charge in [-0.25, -0.2) is 0 Å². The van der Waals surface area contributed by atoms with Crippen molar-refractivity contribution in [2.75, 3.05) is 19.6 Å². The van der Waals surface area contributed by atoms with Gasteiger partial charge in [-0.15, -0.1) is 0 Å². The number of hydrogen-bond acceptors (Lipinski definition) is 3. The third kappa shape index (κ3) is 3.29. The highest BCUT2D eigenvalue weighted by molar-refractivity contribution is 5.93. The summed E-state index contributed by atoms with van der Waals surface area (Å²) in [5, 5.41) is 0. The summed E-state index contributed by atoms with van der Waals surface area (Å²) in [6.07, 6.45) is 9.80. The molecule has 2 saturated heterocycles. The van der Waals surface area contributed by atoms with Crippen molar-refractivity contribution in [3.8, 4) is 0 Å². The fourth-order valence-corrected chi connectivity index (χ4v) is 4.91. The zero-order chi connectivity index (χ0) is 18.1. The molecular weight excluding hydrogens is 330 g/mol. The Labute approximate surface area is 153 Å². The van der Waals surface area contributed by atoms with Crippen LogP contribution < -0.4 is 5.56 Å². The average Bonchev–Trinajstić information content (AvgIpc) is 3.19. The van der Waals surface area contributed by atoms with Crippen LogP contribution in [0.3, 0.4) is 0 Å². The van der Waals surface area contributed by atoms with Crippen LogP contribution in [0.4, 0.5) is 0 Å². The molecule has 1 N–H and O–H groups in total. The average molecular weight is 357 g/mol. The molecule has 1 aromatic heterocycles. The Bertz CT molecular complexity index is 722. The van der Waals surface area contributed by atoms with Gasteiger partial charge in [-0.05, 0) is 43.6 Å². The van der Waals surface area contributed by atoms with Gasteiger partial charge in [0, 0.05) is 44.4 Å². The number of likely N-dealkylation sites (tertiary alicyclic amines) is 2. The van der Waals surface area contributed by atoms with E-state index in [4.69, 9.17) is 0 Å². The maximum atomic E-state index is 12.6. The van der Waals surface area contributed by atoms with Crippen LogP contribution in [0.25, 0.3) is 0 Å². The van der Waals surface area contributed by atoms with Crippen LogP contribution in [0, 0.1) is 5.41 Å². The Morgan fingerprint density at radius 2 is 1.81 bits per heavy atom. The van der Waals surface area contributed by atoms with Crippen LogP contribution in [0.15, 0.2) is 23.1 Å². The molecule has 1 aliphatic carbocycles. The van der Waals surface area contributed by atoms with E-state index in [0.717, 1.165) is 51.7 Å². The first-order valence-corrected chi connectivity index (χ1v) is 9.84. The Kier molecular flexibility index (Phi) is 4.59. The summed E-state index contributed by atoms with van der Waals surface area (Å²) in [4.78, 5) is 42.9. The Hall–Kier alpha value is -2.11. The summed E-state index contributed by atoms with van der Waals surface area (Å²) in [6.45, 7) is 2.33. The van der Waals surface area contributed by atoms with E-state index < -0.39 is 0 Å². The number of aromatic amines is 1. The molecule has 3 heterocycles. The summed E-state index contributed by atoms with van der Waals surface area (Å²) in [6, 6.07) is 3.43. The molecule has 0 atom stereocenters. The van der Waals surface area contributed by atoms with Gasteiger partial charge in [0.1, 0.15) is 0 Å². The highest BCUT2D eigenvalue weighted by Gasteiger charge is 2.43. The smallest absolute Gasteiger partial charge is 0.255 e. The summed E-state index contributed by atoms with van der Waals surface area (Å²) < 4.78 is 0. The number of pyridine rings is 1. The molecule has 6 nitrogen and oxygen atoms in total. The maximum absolute atomic E-state index is 12.6. The molecule has 2 aliphatic heterocycles. The van der Waals surface area contributed by atoms with E-state index in [9.17, 15) is 14.4 Å². The van der Waals surface area contributed by atoms with Gasteiger partial charge in [-0.3, -0.25) is 14.4 Å². The molecule has 3 aliphatic rings. The van der Waals surface area contributed by atoms with Crippen molar-refractivity contribution >= 4 is 11.8 Å². The molecule has 0 radical (unpaired) electrons. The van der Waals surface area contributed by atoms with Gasteiger partial charge in [0.25, 0.3) is 5.91 Å². The van der Waals surface area contributed by atoms with E-state index in [2.05, 4.69) is 9.88 Å². The molecule has 140 valence electrons. The lowest BCUT2D eigenvalue weighted by Gasteiger charge is -2.49. The highest BCUT2D eigenvalue weighted by Crippen LogP contribution is 2.42. The molecule has 2 amide bonds. The van der Waals surface area contributed by atoms with E-state index in [1.807, 2.05) is 4.90 Å². The van der Waals surface area contributed by atoms with E-state index in [0.29, 0.717) is 23.9 Å². The lowest BCUT2D eigenvalue weighted by Crippen LogP contribution is -2.54. The van der Waals surface area contributed by atoms with Crippen molar-refractivity contribution in [3.05, 3.63) is 34.2 Å². The summed E-state index contributed by atoms with van der Waals surface area (Å²) in [7, 11) is 0. The first kappa shape index (κ1) is 17.3. The number of carbonyl (C=O) groups is 2. The Morgan fingerprint density at radius 1 is 1.08 bits per heavy atom. The fourth-order valence-electron chi connectivity index (χ4n) is 4.91. The van der Waals surface area contributed by atoms with Gasteiger partial charge >= 0.3 is 0 Å². The van der Waals surface area contributed by atoms with Gasteiger partial charge in [-0.2, -0.15) is 0 Å². The topological polar surface area (TPSA) is 73.5 Å². The van der Waals surface area contributed by atoms with Crippen LogP contribution in [0.2, 0.25) is 0 Å². The maximum Gasteiger partial charge on any atom is 0.255 e. The lowest BCUT2D eigenvalue weighted by molar-refractivity contribution is -0.142. The molecule has 6 heteroatoms. The molecule has 1 spiro atoms. The molecular formula is C20H27N3O3. The lowest BCUT2D eigenvalue weighted by atomic mass is 9.72. The van der Waals surface area contributed by atoms with Crippen molar-refractivity contribution < 1.29 is 9.59 Å². The van der Waals surface area contributed by atoms with Gasteiger partial charge < -0.3 is 14.8 Å². The monoisotopic (exact) mass is 357 g/mol. The van der Waals surface area contributed by atoms with Crippen molar-refractivity contribution in [3.63, 3.8) is 0 Å². The largest absolute Gasteiger partial charge is 0.339 e. The number of carbonyl (C=O) groups excluding carboxylic acids is 2. The van der Waals surface area contributed by atoms with Crippen molar-refractivity contribution in [1.82, 2.24) is 14.8 Å². The predicted molar refractivity (Wildman–Crippen MR) is 97.8 cm³/mol. The fraction of sp³-hybridized carbons (Fsp3) is 0.650. The van der Waals surface area contributed by atoms with E-state index in [1.165, 1.54) is 25.1 Å². The minimum Gasteiger partial charge on any atom is -0.339 e. The molecule has 0 aromatic carbocycles. The van der Waals surface area contributed by atoms with Crippen LogP contribution in [-0.4, -0.2) is 52.3 Å². The number of H-pyrrole nitrogens is 1. The van der Waals surface area contributed by atoms with Crippen molar-refractivity contribution in [1.29, 1.82) is 0 Å². The number of nitrogens with one attached hydrogen (secondary N) is 1. The van der Waals surface area contributed by atoms with Crippen molar-refractivity contribution in [2.45, 2.75) is 57.4 Å². The number of rotatable bonds is 2. The van der Waals surface area contributed by atoms with Crippen LogP contribution in [0.1, 0.15) is 61.7 Å². The zero-order valence-corrected chi connectivity index (χ0v) is 15.2. The second kappa shape index (κ2) is 6.89. The van der Waals surface area contributed by atoms with Gasteiger partial charge in [0.15, 0.2) is 0 Å². The molecule has 0 bridgehead atoms. The number of aromatic nitrogens is 1. The van der Waals surface area contributed by atoms with Gasteiger partial charge in [0.2, 0.25) is 11.5 Å². The van der Waals surface area contributed by atoms with E-state index in [1.54, 1.807) is 6.07 Å².